The fourth-order valence-electron chi connectivity index (χ4n) is 0.951. The molecule has 90 valence electrons. The summed E-state index contributed by atoms with van der Waals surface area (Å²) >= 11 is 0. The van der Waals surface area contributed by atoms with Gasteiger partial charge >= 0.3 is 5.97 Å². The molecule has 0 fully saturated rings. The van der Waals surface area contributed by atoms with E-state index in [0.29, 0.717) is 17.0 Å². The van der Waals surface area contributed by atoms with Crippen molar-refractivity contribution in [2.45, 2.75) is 6.92 Å². The first-order valence-corrected chi connectivity index (χ1v) is 5.06. The second-order valence-electron chi connectivity index (χ2n) is 3.67. The fraction of sp³-hybridized carbons (Fsp3) is 0.250. The van der Waals surface area contributed by atoms with Gasteiger partial charge < -0.3 is 4.74 Å². The summed E-state index contributed by atoms with van der Waals surface area (Å²) in [5.41, 5.74) is 0.833. The van der Waals surface area contributed by atoms with Gasteiger partial charge in [-0.05, 0) is 19.1 Å². The van der Waals surface area contributed by atoms with Crippen molar-refractivity contribution < 1.29 is 9.53 Å². The van der Waals surface area contributed by atoms with Gasteiger partial charge in [0.2, 0.25) is 0 Å². The van der Waals surface area contributed by atoms with Crippen LogP contribution in [0.15, 0.2) is 46.8 Å². The van der Waals surface area contributed by atoms with Crippen molar-refractivity contribution in [3.05, 3.63) is 36.4 Å². The molecule has 0 unspecified atom stereocenters. The summed E-state index contributed by atoms with van der Waals surface area (Å²) in [6.45, 7) is 5.11. The van der Waals surface area contributed by atoms with Gasteiger partial charge in [-0.15, -0.1) is 5.11 Å². The highest BCUT2D eigenvalue weighted by molar-refractivity contribution is 5.89. The molecule has 0 aliphatic rings. The Morgan fingerprint density at radius 2 is 2.00 bits per heavy atom. The van der Waals surface area contributed by atoms with Crippen molar-refractivity contribution in [3.63, 3.8) is 0 Å². The maximum Gasteiger partial charge on any atom is 0.338 e. The normalized spacial score (nSPS) is 10.3. The van der Waals surface area contributed by atoms with Gasteiger partial charge in [0.15, 0.2) is 5.75 Å². The molecule has 0 aromatic heterocycles. The molecular weight excluding hydrogens is 218 g/mol. The van der Waals surface area contributed by atoms with E-state index in [2.05, 4.69) is 16.9 Å². The molecule has 5 nitrogen and oxygen atoms in total. The quantitative estimate of drug-likeness (QED) is 0.264. The number of para-hydroxylation sites is 1. The maximum absolute atomic E-state index is 11.4. The topological polar surface area (TPSA) is 54.3 Å². The molecular formula is C12H15N3O2. The monoisotopic (exact) mass is 233 g/mol. The average molecular weight is 233 g/mol. The smallest absolute Gasteiger partial charge is 0.338 e. The zero-order valence-electron chi connectivity index (χ0n) is 10.2. The van der Waals surface area contributed by atoms with Crippen molar-refractivity contribution >= 4 is 11.7 Å². The van der Waals surface area contributed by atoms with E-state index < -0.39 is 5.97 Å². The van der Waals surface area contributed by atoms with Crippen LogP contribution in [-0.2, 0) is 4.79 Å². The van der Waals surface area contributed by atoms with Crippen LogP contribution >= 0.6 is 0 Å². The van der Waals surface area contributed by atoms with Gasteiger partial charge in [-0.2, -0.15) is 0 Å². The lowest BCUT2D eigenvalue weighted by Gasteiger charge is -2.06. The second kappa shape index (κ2) is 5.79. The summed E-state index contributed by atoms with van der Waals surface area (Å²) in [7, 11) is 3.51. The first-order valence-electron chi connectivity index (χ1n) is 5.06. The Kier molecular flexibility index (Phi) is 4.39. The molecule has 0 aliphatic carbocycles. The largest absolute Gasteiger partial charge is 0.421 e. The van der Waals surface area contributed by atoms with E-state index >= 15 is 0 Å². The molecule has 0 saturated heterocycles. The lowest BCUT2D eigenvalue weighted by molar-refractivity contribution is -0.130. The number of benzene rings is 1. The molecule has 0 amide bonds. The highest BCUT2D eigenvalue weighted by Gasteiger charge is 2.08. The molecule has 0 bridgehead atoms. The molecule has 17 heavy (non-hydrogen) atoms. The third-order valence-electron chi connectivity index (χ3n) is 1.75. The molecule has 0 radical (unpaired) electrons. The highest BCUT2D eigenvalue weighted by Crippen LogP contribution is 2.27. The fourth-order valence-corrected chi connectivity index (χ4v) is 0.951. The molecule has 0 saturated carbocycles. The van der Waals surface area contributed by atoms with Crippen molar-refractivity contribution in [1.82, 2.24) is 5.01 Å². The number of hydrogen-bond donors (Lipinski definition) is 0. The van der Waals surface area contributed by atoms with E-state index in [4.69, 9.17) is 4.74 Å². The third-order valence-corrected chi connectivity index (χ3v) is 1.75. The summed E-state index contributed by atoms with van der Waals surface area (Å²) < 4.78 is 5.13. The molecule has 1 aromatic rings. The average Bonchev–Trinajstić information content (AvgIpc) is 2.27. The van der Waals surface area contributed by atoms with E-state index in [-0.39, 0.29) is 0 Å². The van der Waals surface area contributed by atoms with Crippen molar-refractivity contribution in [1.29, 1.82) is 0 Å². The minimum Gasteiger partial charge on any atom is -0.421 e. The number of carbonyl (C=O) groups excluding carboxylic acids is 1. The van der Waals surface area contributed by atoms with Crippen LogP contribution in [0, 0.1) is 0 Å². The first kappa shape index (κ1) is 12.9. The Labute approximate surface area is 100 Å². The van der Waals surface area contributed by atoms with Crippen LogP contribution in [0.4, 0.5) is 5.69 Å². The molecule has 1 rings (SSSR count). The number of rotatable bonds is 4. The van der Waals surface area contributed by atoms with Crippen molar-refractivity contribution in [2.75, 3.05) is 14.1 Å². The van der Waals surface area contributed by atoms with Crippen LogP contribution < -0.4 is 4.74 Å². The summed E-state index contributed by atoms with van der Waals surface area (Å²) in [6.07, 6.45) is 0. The number of nitrogens with zero attached hydrogens (tertiary/aromatic N) is 3. The SMILES string of the molecule is C=C(C)C(=O)Oc1ccccc1N=NN(C)C. The summed E-state index contributed by atoms with van der Waals surface area (Å²) in [5.74, 6) is -0.108. The Morgan fingerprint density at radius 3 is 2.59 bits per heavy atom. The number of esters is 1. The lowest BCUT2D eigenvalue weighted by Crippen LogP contribution is -2.08. The minimum absolute atomic E-state index is 0.337. The van der Waals surface area contributed by atoms with Crippen LogP contribution in [0.25, 0.3) is 0 Å². The number of hydrogen-bond acceptors (Lipinski definition) is 4. The zero-order valence-corrected chi connectivity index (χ0v) is 10.2. The minimum atomic E-state index is -0.475. The Morgan fingerprint density at radius 1 is 1.35 bits per heavy atom. The summed E-state index contributed by atoms with van der Waals surface area (Å²) in [4.78, 5) is 11.4. The van der Waals surface area contributed by atoms with Crippen molar-refractivity contribution in [3.8, 4) is 5.75 Å². The summed E-state index contributed by atoms with van der Waals surface area (Å²) in [5, 5.41) is 9.37. The second-order valence-corrected chi connectivity index (χ2v) is 3.67. The standard InChI is InChI=1S/C12H15N3O2/c1-9(2)12(16)17-11-8-6-5-7-10(11)13-14-15(3)4/h5-8H,1H2,2-4H3. The van der Waals surface area contributed by atoms with Crippen LogP contribution in [-0.4, -0.2) is 25.1 Å². The first-order chi connectivity index (χ1) is 8.00. The van der Waals surface area contributed by atoms with Gasteiger partial charge in [-0.1, -0.05) is 23.9 Å². The van der Waals surface area contributed by atoms with Crippen LogP contribution in [0.1, 0.15) is 6.92 Å². The van der Waals surface area contributed by atoms with Gasteiger partial charge in [-0.3, -0.25) is 5.01 Å². The zero-order chi connectivity index (χ0) is 12.8. The van der Waals surface area contributed by atoms with E-state index in [1.165, 1.54) is 0 Å². The molecule has 0 atom stereocenters. The number of ether oxygens (including phenoxy) is 1. The van der Waals surface area contributed by atoms with E-state index in [1.807, 2.05) is 0 Å². The highest BCUT2D eigenvalue weighted by atomic mass is 16.5. The van der Waals surface area contributed by atoms with Gasteiger partial charge in [0.25, 0.3) is 0 Å². The molecule has 0 N–H and O–H groups in total. The van der Waals surface area contributed by atoms with Gasteiger partial charge in [-0.25, -0.2) is 4.79 Å². The molecule has 0 aliphatic heterocycles. The van der Waals surface area contributed by atoms with E-state index in [9.17, 15) is 4.79 Å². The molecule has 0 spiro atoms. The Bertz CT molecular complexity index is 453. The maximum atomic E-state index is 11.4. The van der Waals surface area contributed by atoms with E-state index in [0.717, 1.165) is 0 Å². The van der Waals surface area contributed by atoms with Gasteiger partial charge in [0.05, 0.1) is 0 Å². The predicted molar refractivity (Wildman–Crippen MR) is 65.1 cm³/mol. The van der Waals surface area contributed by atoms with Crippen molar-refractivity contribution in [2.24, 2.45) is 10.3 Å². The van der Waals surface area contributed by atoms with Gasteiger partial charge in [0.1, 0.15) is 5.69 Å². The van der Waals surface area contributed by atoms with Gasteiger partial charge in [0, 0.05) is 19.7 Å². The van der Waals surface area contributed by atoms with Crippen LogP contribution in [0.2, 0.25) is 0 Å². The summed E-state index contributed by atoms with van der Waals surface area (Å²) in [6, 6.07) is 6.93. The lowest BCUT2D eigenvalue weighted by atomic mass is 10.3. The molecule has 5 heteroatoms. The Hall–Kier alpha value is -2.17. The molecule has 0 heterocycles. The molecule has 1 aromatic carbocycles. The Balaban J connectivity index is 2.92. The third kappa shape index (κ3) is 4.06. The number of carbonyl (C=O) groups is 1. The predicted octanol–water partition coefficient (Wildman–Crippen LogP) is 2.73. The van der Waals surface area contributed by atoms with E-state index in [1.54, 1.807) is 50.3 Å². The van der Waals surface area contributed by atoms with Crippen LogP contribution in [0.5, 0.6) is 5.75 Å². The van der Waals surface area contributed by atoms with Crippen LogP contribution in [0.3, 0.4) is 0 Å².